The Labute approximate surface area is 132 Å². The Morgan fingerprint density at radius 1 is 1.24 bits per heavy atom. The van der Waals surface area contributed by atoms with Crippen LogP contribution < -0.4 is 4.72 Å². The Hall–Kier alpha value is -1.31. The molecule has 2 N–H and O–H groups in total. The Morgan fingerprint density at radius 3 is 2.29 bits per heavy atom. The van der Waals surface area contributed by atoms with Gasteiger partial charge in [-0.3, -0.25) is 4.72 Å². The van der Waals surface area contributed by atoms with Gasteiger partial charge < -0.3 is 9.67 Å². The standard InChI is InChI=1S/C14H17BrN2O3S/c1-9-4-11(15)5-10(2)14(9)16-21(19,20)13-6-12(8-18)17(3)7-13/h4-7,16,18H,8H2,1-3H3. The molecule has 7 heteroatoms. The highest BCUT2D eigenvalue weighted by molar-refractivity contribution is 9.10. The topological polar surface area (TPSA) is 71.3 Å². The molecule has 21 heavy (non-hydrogen) atoms. The van der Waals surface area contributed by atoms with E-state index in [1.165, 1.54) is 12.3 Å². The van der Waals surface area contributed by atoms with Crippen LogP contribution in [0.15, 0.2) is 33.8 Å². The first-order chi connectivity index (χ1) is 9.74. The predicted molar refractivity (Wildman–Crippen MR) is 85.8 cm³/mol. The second-order valence-electron chi connectivity index (χ2n) is 4.96. The third kappa shape index (κ3) is 3.30. The van der Waals surface area contributed by atoms with Crippen molar-refractivity contribution in [3.63, 3.8) is 0 Å². The van der Waals surface area contributed by atoms with Gasteiger partial charge in [0.25, 0.3) is 10.0 Å². The first-order valence-electron chi connectivity index (χ1n) is 6.30. The highest BCUT2D eigenvalue weighted by Crippen LogP contribution is 2.27. The predicted octanol–water partition coefficient (Wildman–Crippen LogP) is 2.70. The lowest BCUT2D eigenvalue weighted by Gasteiger charge is -2.13. The number of benzene rings is 1. The molecule has 0 atom stereocenters. The normalized spacial score (nSPS) is 11.7. The number of aryl methyl sites for hydroxylation is 3. The summed E-state index contributed by atoms with van der Waals surface area (Å²) in [6.07, 6.45) is 1.48. The maximum absolute atomic E-state index is 12.5. The zero-order chi connectivity index (χ0) is 15.8. The van der Waals surface area contributed by atoms with Gasteiger partial charge in [-0.15, -0.1) is 0 Å². The summed E-state index contributed by atoms with van der Waals surface area (Å²) >= 11 is 3.39. The van der Waals surface area contributed by atoms with Crippen LogP contribution in [-0.4, -0.2) is 18.1 Å². The number of hydrogen-bond donors (Lipinski definition) is 2. The zero-order valence-electron chi connectivity index (χ0n) is 12.0. The molecule has 1 heterocycles. The van der Waals surface area contributed by atoms with Crippen LogP contribution in [0.3, 0.4) is 0 Å². The number of nitrogens with one attached hydrogen (secondary N) is 1. The molecule has 0 aliphatic heterocycles. The van der Waals surface area contributed by atoms with Gasteiger partial charge in [0, 0.05) is 23.4 Å². The van der Waals surface area contributed by atoms with Gasteiger partial charge in [-0.2, -0.15) is 0 Å². The molecule has 114 valence electrons. The second kappa shape index (κ2) is 5.82. The lowest BCUT2D eigenvalue weighted by atomic mass is 10.1. The van der Waals surface area contributed by atoms with Crippen LogP contribution in [0, 0.1) is 13.8 Å². The number of anilines is 1. The minimum atomic E-state index is -3.68. The van der Waals surface area contributed by atoms with E-state index in [2.05, 4.69) is 20.7 Å². The maximum atomic E-state index is 12.5. The van der Waals surface area contributed by atoms with E-state index in [0.717, 1.165) is 15.6 Å². The van der Waals surface area contributed by atoms with E-state index in [1.807, 2.05) is 26.0 Å². The molecule has 2 rings (SSSR count). The average molecular weight is 373 g/mol. The summed E-state index contributed by atoms with van der Waals surface area (Å²) in [7, 11) is -1.99. The number of sulfonamides is 1. The molecule has 0 fully saturated rings. The highest BCUT2D eigenvalue weighted by atomic mass is 79.9. The fraction of sp³-hybridized carbons (Fsp3) is 0.286. The van der Waals surface area contributed by atoms with Crippen molar-refractivity contribution in [2.75, 3.05) is 4.72 Å². The van der Waals surface area contributed by atoms with Crippen molar-refractivity contribution < 1.29 is 13.5 Å². The summed E-state index contributed by atoms with van der Waals surface area (Å²) in [6, 6.07) is 5.18. The largest absolute Gasteiger partial charge is 0.390 e. The number of aliphatic hydroxyl groups is 1. The summed E-state index contributed by atoms with van der Waals surface area (Å²) in [5.41, 5.74) is 2.79. The van der Waals surface area contributed by atoms with Crippen LogP contribution in [-0.2, 0) is 23.7 Å². The summed E-state index contributed by atoms with van der Waals surface area (Å²) in [5.74, 6) is 0. The van der Waals surface area contributed by atoms with Crippen molar-refractivity contribution in [1.82, 2.24) is 4.57 Å². The van der Waals surface area contributed by atoms with Gasteiger partial charge in [0.2, 0.25) is 0 Å². The summed E-state index contributed by atoms with van der Waals surface area (Å²) in [5, 5.41) is 9.16. The number of nitrogens with zero attached hydrogens (tertiary/aromatic N) is 1. The molecule has 0 aliphatic rings. The van der Waals surface area contributed by atoms with Gasteiger partial charge >= 0.3 is 0 Å². The van der Waals surface area contributed by atoms with Crippen LogP contribution in [0.1, 0.15) is 16.8 Å². The van der Waals surface area contributed by atoms with Crippen molar-refractivity contribution in [2.45, 2.75) is 25.3 Å². The Morgan fingerprint density at radius 2 is 1.81 bits per heavy atom. The summed E-state index contributed by atoms with van der Waals surface area (Å²) < 4.78 is 30.0. The maximum Gasteiger partial charge on any atom is 0.263 e. The molecule has 0 saturated carbocycles. The van der Waals surface area contributed by atoms with Crippen molar-refractivity contribution in [3.8, 4) is 0 Å². The molecule has 0 aliphatic carbocycles. The SMILES string of the molecule is Cc1cc(Br)cc(C)c1NS(=O)(=O)c1cc(CO)n(C)c1. The lowest BCUT2D eigenvalue weighted by Crippen LogP contribution is -2.14. The van der Waals surface area contributed by atoms with Crippen molar-refractivity contribution >= 4 is 31.6 Å². The van der Waals surface area contributed by atoms with Crippen LogP contribution in [0.5, 0.6) is 0 Å². The number of rotatable bonds is 4. The van der Waals surface area contributed by atoms with Gasteiger partial charge in [0.15, 0.2) is 0 Å². The monoisotopic (exact) mass is 372 g/mol. The molecule has 0 bridgehead atoms. The van der Waals surface area contributed by atoms with Crippen LogP contribution in [0.4, 0.5) is 5.69 Å². The van der Waals surface area contributed by atoms with E-state index in [4.69, 9.17) is 5.11 Å². The van der Waals surface area contributed by atoms with E-state index >= 15 is 0 Å². The van der Waals surface area contributed by atoms with Gasteiger partial charge in [-0.1, -0.05) is 15.9 Å². The average Bonchev–Trinajstić information content (AvgIpc) is 2.76. The molecule has 0 saturated heterocycles. The quantitative estimate of drug-likeness (QED) is 0.866. The lowest BCUT2D eigenvalue weighted by molar-refractivity contribution is 0.272. The second-order valence-corrected chi connectivity index (χ2v) is 7.55. The first-order valence-corrected chi connectivity index (χ1v) is 8.58. The van der Waals surface area contributed by atoms with Crippen molar-refractivity contribution in [1.29, 1.82) is 0 Å². The Kier molecular flexibility index (Phi) is 4.46. The van der Waals surface area contributed by atoms with Crippen molar-refractivity contribution in [2.24, 2.45) is 7.05 Å². The van der Waals surface area contributed by atoms with E-state index in [1.54, 1.807) is 11.6 Å². The number of hydrogen-bond acceptors (Lipinski definition) is 3. The van der Waals surface area contributed by atoms with E-state index in [0.29, 0.717) is 11.4 Å². The summed E-state index contributed by atoms with van der Waals surface area (Å²) in [6.45, 7) is 3.49. The van der Waals surface area contributed by atoms with Crippen LogP contribution in [0.25, 0.3) is 0 Å². The molecular weight excluding hydrogens is 356 g/mol. The molecule has 0 spiro atoms. The van der Waals surface area contributed by atoms with Gasteiger partial charge in [-0.05, 0) is 43.2 Å². The number of halogens is 1. The zero-order valence-corrected chi connectivity index (χ0v) is 14.4. The van der Waals surface area contributed by atoms with E-state index in [-0.39, 0.29) is 11.5 Å². The Balaban J connectivity index is 2.42. The third-order valence-electron chi connectivity index (χ3n) is 3.29. The molecule has 5 nitrogen and oxygen atoms in total. The number of aromatic nitrogens is 1. The first kappa shape index (κ1) is 16.1. The molecule has 0 unspecified atom stereocenters. The molecule has 2 aromatic rings. The van der Waals surface area contributed by atoms with Crippen molar-refractivity contribution in [3.05, 3.63) is 45.7 Å². The minimum absolute atomic E-state index is 0.135. The van der Waals surface area contributed by atoms with Gasteiger partial charge in [-0.25, -0.2) is 8.42 Å². The fourth-order valence-electron chi connectivity index (χ4n) is 2.15. The molecule has 0 radical (unpaired) electrons. The summed E-state index contributed by atoms with van der Waals surface area (Å²) in [4.78, 5) is 0.135. The Bertz CT molecular complexity index is 759. The van der Waals surface area contributed by atoms with E-state index < -0.39 is 10.0 Å². The fourth-order valence-corrected chi connectivity index (χ4v) is 4.13. The van der Waals surface area contributed by atoms with Crippen LogP contribution >= 0.6 is 15.9 Å². The highest BCUT2D eigenvalue weighted by Gasteiger charge is 2.19. The smallest absolute Gasteiger partial charge is 0.263 e. The van der Waals surface area contributed by atoms with E-state index in [9.17, 15) is 8.42 Å². The number of aliphatic hydroxyl groups excluding tert-OH is 1. The molecular formula is C14H17BrN2O3S. The van der Waals surface area contributed by atoms with Gasteiger partial charge in [0.1, 0.15) is 4.90 Å². The third-order valence-corrected chi connectivity index (χ3v) is 5.06. The molecule has 1 aromatic heterocycles. The molecule has 0 amide bonds. The van der Waals surface area contributed by atoms with Gasteiger partial charge in [0.05, 0.1) is 12.3 Å². The van der Waals surface area contributed by atoms with Crippen LogP contribution in [0.2, 0.25) is 0 Å². The molecule has 1 aromatic carbocycles. The minimum Gasteiger partial charge on any atom is -0.390 e.